The van der Waals surface area contributed by atoms with Crippen molar-refractivity contribution in [1.29, 1.82) is 0 Å². The molecular weight excluding hydrogens is 1730 g/mol. The highest BCUT2D eigenvalue weighted by atomic mass is 31.2. The molecule has 0 amide bonds. The summed E-state index contributed by atoms with van der Waals surface area (Å²) in [6.45, 7) is 0. The highest BCUT2D eigenvalue weighted by Gasteiger charge is 2.36. The van der Waals surface area contributed by atoms with Crippen LogP contribution in [0, 0.1) is 0 Å². The Morgan fingerprint density at radius 2 is 0.434 bits per heavy atom. The molecule has 0 fully saturated rings. The van der Waals surface area contributed by atoms with Gasteiger partial charge in [0.15, 0.2) is 0 Å². The van der Waals surface area contributed by atoms with Crippen LogP contribution in [0.2, 0.25) is 0 Å². The van der Waals surface area contributed by atoms with Crippen molar-refractivity contribution in [3.63, 3.8) is 0 Å². The van der Waals surface area contributed by atoms with Crippen molar-refractivity contribution in [2.75, 3.05) is 4.67 Å². The number of para-hydroxylation sites is 8. The lowest BCUT2D eigenvalue weighted by Gasteiger charge is -2.26. The van der Waals surface area contributed by atoms with E-state index in [-0.39, 0.29) is 0 Å². The predicted molar refractivity (Wildman–Crippen MR) is 581 cm³/mol. The predicted octanol–water partition coefficient (Wildman–Crippen LogP) is 35.5. The molecule has 0 N–H and O–H groups in total. The molecule has 10 heterocycles. The SMILES string of the molecule is c1ccc(-c2cc(-c3ccccc3)cc(-p3n4c5ccccc5cc4c4cc5ccccc5n43)c2)cc1.c1ccc(-c2ccc(-p3n4c5ccccc5c5ccc6c7ccccc7n3c6c54)cc2)cc1.c1ccc(-c2ccc(P3Oc4ccccc4N3c3cc(-c4ccccc4)cc(-c4ccccc4)c3)cc2)cc1.c1ccc(-p2n3c4ccccc4c4ccc5c6ccccc6n2c5c43)cc1. The number of benzene rings is 20. The molecule has 0 radical (unpaired) electrons. The summed E-state index contributed by atoms with van der Waals surface area (Å²) in [5.74, 6) is 0.919. The maximum Gasteiger partial charge on any atom is 0.230 e. The summed E-state index contributed by atoms with van der Waals surface area (Å²) < 4.78 is 24.7. The van der Waals surface area contributed by atoms with E-state index in [0.717, 1.165) is 17.1 Å². The third-order valence-corrected chi connectivity index (χ3v) is 36.2. The highest BCUT2D eigenvalue weighted by Crippen LogP contribution is 2.61. The van der Waals surface area contributed by atoms with Gasteiger partial charge in [0.2, 0.25) is 8.30 Å². The molecule has 0 aliphatic carbocycles. The first-order valence-electron chi connectivity index (χ1n) is 46.3. The molecule has 12 heteroatoms. The van der Waals surface area contributed by atoms with Gasteiger partial charge in [-0.3, -0.25) is 29.6 Å². The molecule has 20 aromatic carbocycles. The first-order chi connectivity index (χ1) is 67.5. The van der Waals surface area contributed by atoms with Crippen LogP contribution >= 0.6 is 31.9 Å². The van der Waals surface area contributed by atoms with Crippen LogP contribution in [0.15, 0.2) is 504 Å². The normalized spacial score (nSPS) is 12.7. The molecule has 29 aromatic rings. The molecule has 640 valence electrons. The van der Waals surface area contributed by atoms with Gasteiger partial charge in [-0.2, -0.15) is 0 Å². The highest BCUT2D eigenvalue weighted by molar-refractivity contribution is 7.63. The van der Waals surface area contributed by atoms with Crippen molar-refractivity contribution in [3.05, 3.63) is 504 Å². The largest absolute Gasteiger partial charge is 0.446 e. The number of nitrogens with zero attached hydrogens (tertiary/aromatic N) is 7. The fraction of sp³-hybridized carbons (Fsp3) is 0. The number of rotatable bonds is 11. The van der Waals surface area contributed by atoms with Crippen molar-refractivity contribution in [2.24, 2.45) is 0 Å². The molecule has 0 bridgehead atoms. The summed E-state index contributed by atoms with van der Waals surface area (Å²) in [4.78, 5) is 0. The monoisotopic (exact) mass is 1810 g/mol. The fourth-order valence-corrected chi connectivity index (χ4v) is 30.8. The lowest BCUT2D eigenvalue weighted by atomic mass is 9.98. The van der Waals surface area contributed by atoms with E-state index in [4.69, 9.17) is 4.52 Å². The molecule has 9 aromatic heterocycles. The standard InChI is InChI=1S/C36H26NOP.C34H23N2P.C30H19N2P.C24H15N2P/c1-4-12-27(13-5-1)30-20-22-34(23-21-30)39-37(35-18-10-11-19-36(35)38-39)33-25-31(28-14-6-2-7-15-28)24-32(26-33)29-16-8-3-9-17-29;1-3-11-24(12-4-1)28-19-29(25-13-5-2-6-14-25)21-30(20-28)37-35-31-17-9-7-15-26(31)22-33(35)34-23-27-16-8-10-18-32(27)36(34)37;1-2-8-20(9-3-1)21-14-16-22(17-15-21)33-31-27-12-6-4-10-23(27)25-18-19-26-24-11-5-7-13-28(24)32(33)30(26)29(25)31;1-2-8-16(9-3-1)27-25-21-12-6-4-10-17(21)19-14-15-20-18-11-5-7-13-22(18)26(27)24(20)23(19)25/h1-26H;1-23H;1-19H;1-15H. The maximum absolute atomic E-state index is 6.69. The molecule has 1 aliphatic rings. The summed E-state index contributed by atoms with van der Waals surface area (Å²) in [5.41, 5.74) is 33.0. The van der Waals surface area contributed by atoms with E-state index in [1.165, 1.54) is 208 Å². The average Bonchev–Trinajstić information content (AvgIpc) is 1.47. The Bertz CT molecular complexity index is 9160. The topological polar surface area (TPSA) is 38.9 Å². The summed E-state index contributed by atoms with van der Waals surface area (Å²) in [6, 6.07) is 182. The molecule has 0 saturated carbocycles. The molecule has 30 rings (SSSR count). The first-order valence-corrected chi connectivity index (χ1v) is 51.3. The second-order valence-electron chi connectivity index (χ2n) is 35.0. The van der Waals surface area contributed by atoms with Gasteiger partial charge in [0.05, 0.1) is 95.4 Å². The molecule has 1 aliphatic heterocycles. The fourth-order valence-electron chi connectivity index (χ4n) is 21.1. The summed E-state index contributed by atoms with van der Waals surface area (Å²) in [6.07, 6.45) is 0. The van der Waals surface area contributed by atoms with Gasteiger partial charge < -0.3 is 4.52 Å². The zero-order chi connectivity index (χ0) is 89.4. The number of hydrogen-bond acceptors (Lipinski definition) is 2. The Kier molecular flexibility index (Phi) is 19.1. The Morgan fingerprint density at radius 1 is 0.162 bits per heavy atom. The van der Waals surface area contributed by atoms with Gasteiger partial charge in [0.25, 0.3) is 0 Å². The Labute approximate surface area is 788 Å². The summed E-state index contributed by atoms with van der Waals surface area (Å²) in [7, 11) is -3.47. The van der Waals surface area contributed by atoms with Crippen molar-refractivity contribution in [2.45, 2.75) is 0 Å². The lowest BCUT2D eigenvalue weighted by Crippen LogP contribution is -2.16. The number of hydrogen-bond donors (Lipinski definition) is 0. The van der Waals surface area contributed by atoms with Crippen LogP contribution in [0.4, 0.5) is 11.4 Å². The molecular formula is C124H83N7OP4. The first kappa shape index (κ1) is 79.4. The number of aromatic nitrogens is 6. The summed E-state index contributed by atoms with van der Waals surface area (Å²) >= 11 is 0. The second kappa shape index (κ2) is 32.8. The van der Waals surface area contributed by atoms with E-state index in [1.807, 2.05) is 6.07 Å². The van der Waals surface area contributed by atoms with Crippen molar-refractivity contribution in [3.8, 4) is 88.4 Å². The van der Waals surface area contributed by atoms with Crippen LogP contribution in [0.1, 0.15) is 0 Å². The molecule has 1 unspecified atom stereocenters. The summed E-state index contributed by atoms with van der Waals surface area (Å²) in [5, 5.41) is 18.7. The minimum absolute atomic E-state index is 0.697. The van der Waals surface area contributed by atoms with E-state index in [9.17, 15) is 0 Å². The van der Waals surface area contributed by atoms with Crippen LogP contribution < -0.4 is 14.5 Å². The molecule has 0 saturated heterocycles. The Balaban J connectivity index is 0.0000000925. The minimum atomic E-state index is -1.12. The van der Waals surface area contributed by atoms with Gasteiger partial charge in [0, 0.05) is 80.8 Å². The van der Waals surface area contributed by atoms with E-state index in [1.54, 1.807) is 0 Å². The van der Waals surface area contributed by atoms with E-state index < -0.39 is 31.9 Å². The zero-order valence-corrected chi connectivity index (χ0v) is 77.3. The van der Waals surface area contributed by atoms with Crippen LogP contribution in [0.25, 0.3) is 203 Å². The molecule has 8 nitrogen and oxygen atoms in total. The van der Waals surface area contributed by atoms with Crippen LogP contribution in [0.3, 0.4) is 0 Å². The smallest absolute Gasteiger partial charge is 0.230 e. The van der Waals surface area contributed by atoms with Crippen molar-refractivity contribution >= 4 is 169 Å². The van der Waals surface area contributed by atoms with Crippen molar-refractivity contribution in [1.82, 2.24) is 25.0 Å². The number of fused-ring (bicyclic) bond motifs is 20. The van der Waals surface area contributed by atoms with Gasteiger partial charge >= 0.3 is 0 Å². The Morgan fingerprint density at radius 3 is 0.801 bits per heavy atom. The van der Waals surface area contributed by atoms with Gasteiger partial charge in [-0.15, -0.1) is 0 Å². The molecule has 136 heavy (non-hydrogen) atoms. The lowest BCUT2D eigenvalue weighted by molar-refractivity contribution is 0.642. The van der Waals surface area contributed by atoms with E-state index in [0.29, 0.717) is 0 Å². The van der Waals surface area contributed by atoms with Crippen molar-refractivity contribution < 1.29 is 4.52 Å². The minimum Gasteiger partial charge on any atom is -0.446 e. The number of anilines is 2. The quantitative estimate of drug-likeness (QED) is 0.121. The molecule has 0 spiro atoms. The third kappa shape index (κ3) is 13.0. The second-order valence-corrected chi connectivity index (χ2v) is 42.3. The molecule has 1 atom stereocenters. The van der Waals surface area contributed by atoms with Crippen LogP contribution in [0.5, 0.6) is 5.75 Å². The van der Waals surface area contributed by atoms with Gasteiger partial charge in [0.1, 0.15) is 5.75 Å². The third-order valence-electron chi connectivity index (χ3n) is 27.2. The van der Waals surface area contributed by atoms with Gasteiger partial charge in [-0.25, -0.2) is 0 Å². The average molecular weight is 1810 g/mol. The van der Waals surface area contributed by atoms with Crippen LogP contribution in [-0.2, 0) is 0 Å². The van der Waals surface area contributed by atoms with Crippen LogP contribution in [-0.4, -0.2) is 25.0 Å². The Hall–Kier alpha value is -16.4. The maximum atomic E-state index is 6.69. The van der Waals surface area contributed by atoms with Gasteiger partial charge in [-0.1, -0.05) is 370 Å². The zero-order valence-electron chi connectivity index (χ0n) is 73.7. The van der Waals surface area contributed by atoms with E-state index in [2.05, 4.69) is 527 Å². The van der Waals surface area contributed by atoms with E-state index >= 15 is 0 Å². The van der Waals surface area contributed by atoms with Gasteiger partial charge in [-0.05, 0) is 200 Å².